The summed E-state index contributed by atoms with van der Waals surface area (Å²) in [5.41, 5.74) is 1.45. The Morgan fingerprint density at radius 1 is 1.15 bits per heavy atom. The normalized spacial score (nSPS) is 19.0. The quantitative estimate of drug-likeness (QED) is 0.557. The third-order valence-corrected chi connectivity index (χ3v) is 7.96. The number of sulfonamides is 1. The summed E-state index contributed by atoms with van der Waals surface area (Å²) in [6, 6.07) is 13.0. The molecule has 0 aromatic heterocycles. The summed E-state index contributed by atoms with van der Waals surface area (Å²) in [5, 5.41) is 6.34. The second-order valence-corrected chi connectivity index (χ2v) is 10.4. The predicted molar refractivity (Wildman–Crippen MR) is 129 cm³/mol. The van der Waals surface area contributed by atoms with Gasteiger partial charge in [-0.3, -0.25) is 9.59 Å². The number of carbonyl (C=O) groups excluding carboxylic acids is 2. The molecule has 0 aliphatic carbocycles. The van der Waals surface area contributed by atoms with Gasteiger partial charge in [0.1, 0.15) is 0 Å². The number of amides is 2. The standard InChI is InChI=1S/C24H28ClN3O4S/c1-3-23(29)27-21-13-15-28(17(2)16-21)33(31,32)22-10-6-19(7-11-22)24(30)26-14-12-18-4-8-20(25)9-5-18/h3-11,17,21H,1,12-16H2,2H3,(H,26,30)(H,27,29). The first kappa shape index (κ1) is 25.0. The minimum Gasteiger partial charge on any atom is -0.352 e. The summed E-state index contributed by atoms with van der Waals surface area (Å²) in [6.07, 6.45) is 2.92. The van der Waals surface area contributed by atoms with Gasteiger partial charge in [-0.2, -0.15) is 4.31 Å². The average molecular weight is 490 g/mol. The van der Waals surface area contributed by atoms with E-state index in [1.165, 1.54) is 34.6 Å². The van der Waals surface area contributed by atoms with Crippen LogP contribution < -0.4 is 10.6 Å². The minimum atomic E-state index is -3.71. The zero-order valence-corrected chi connectivity index (χ0v) is 20.0. The Morgan fingerprint density at radius 3 is 2.42 bits per heavy atom. The molecule has 0 bridgehead atoms. The number of rotatable bonds is 8. The van der Waals surface area contributed by atoms with E-state index in [0.717, 1.165) is 5.56 Å². The van der Waals surface area contributed by atoms with Crippen LogP contribution in [0.25, 0.3) is 0 Å². The minimum absolute atomic E-state index is 0.0871. The number of nitrogens with one attached hydrogen (secondary N) is 2. The summed E-state index contributed by atoms with van der Waals surface area (Å²) < 4.78 is 27.7. The number of benzene rings is 2. The molecule has 0 saturated carbocycles. The van der Waals surface area contributed by atoms with Crippen molar-refractivity contribution in [2.75, 3.05) is 13.1 Å². The molecule has 2 atom stereocenters. The third-order valence-electron chi connectivity index (χ3n) is 5.68. The van der Waals surface area contributed by atoms with Crippen molar-refractivity contribution in [1.29, 1.82) is 0 Å². The van der Waals surface area contributed by atoms with Crippen LogP contribution in [0.3, 0.4) is 0 Å². The molecule has 2 unspecified atom stereocenters. The Balaban J connectivity index is 1.57. The summed E-state index contributed by atoms with van der Waals surface area (Å²) in [6.45, 7) is 6.02. The molecule has 2 aromatic carbocycles. The van der Waals surface area contributed by atoms with Gasteiger partial charge in [-0.1, -0.05) is 30.3 Å². The van der Waals surface area contributed by atoms with Crippen LogP contribution in [0.1, 0.15) is 35.7 Å². The molecule has 1 fully saturated rings. The maximum atomic E-state index is 13.1. The summed E-state index contributed by atoms with van der Waals surface area (Å²) in [7, 11) is -3.71. The highest BCUT2D eigenvalue weighted by molar-refractivity contribution is 7.89. The lowest BCUT2D eigenvalue weighted by Crippen LogP contribution is -2.50. The van der Waals surface area contributed by atoms with Crippen molar-refractivity contribution in [3.8, 4) is 0 Å². The Bertz CT molecular complexity index is 1100. The predicted octanol–water partition coefficient (Wildman–Crippen LogP) is 3.16. The lowest BCUT2D eigenvalue weighted by molar-refractivity contribution is -0.117. The van der Waals surface area contributed by atoms with Gasteiger partial charge in [0.15, 0.2) is 0 Å². The van der Waals surface area contributed by atoms with Gasteiger partial charge >= 0.3 is 0 Å². The molecule has 1 aliphatic heterocycles. The SMILES string of the molecule is C=CC(=O)NC1CCN(S(=O)(=O)c2ccc(C(=O)NCCc3ccc(Cl)cc3)cc2)C(C)C1. The lowest BCUT2D eigenvalue weighted by Gasteiger charge is -2.36. The third kappa shape index (κ3) is 6.43. The fourth-order valence-electron chi connectivity index (χ4n) is 3.89. The van der Waals surface area contributed by atoms with Crippen molar-refractivity contribution in [2.45, 2.75) is 43.2 Å². The van der Waals surface area contributed by atoms with Gasteiger partial charge in [-0.05, 0) is 74.2 Å². The molecule has 2 N–H and O–H groups in total. The van der Waals surface area contributed by atoms with Gasteiger partial charge in [0.2, 0.25) is 15.9 Å². The van der Waals surface area contributed by atoms with Crippen LogP contribution in [0, 0.1) is 0 Å². The van der Waals surface area contributed by atoms with E-state index in [1.54, 1.807) is 12.1 Å². The zero-order chi connectivity index (χ0) is 24.0. The number of halogens is 1. The van der Waals surface area contributed by atoms with E-state index in [0.29, 0.717) is 42.9 Å². The van der Waals surface area contributed by atoms with Crippen LogP contribution in [-0.4, -0.2) is 49.7 Å². The van der Waals surface area contributed by atoms with Gasteiger partial charge in [0.05, 0.1) is 4.90 Å². The molecular weight excluding hydrogens is 462 g/mol. The molecule has 0 spiro atoms. The largest absolute Gasteiger partial charge is 0.352 e. The molecule has 1 aliphatic rings. The fourth-order valence-corrected chi connectivity index (χ4v) is 5.67. The molecule has 9 heteroatoms. The van der Waals surface area contributed by atoms with E-state index >= 15 is 0 Å². The maximum Gasteiger partial charge on any atom is 0.251 e. The van der Waals surface area contributed by atoms with Crippen LogP contribution in [-0.2, 0) is 21.2 Å². The molecule has 176 valence electrons. The van der Waals surface area contributed by atoms with Gasteiger partial charge < -0.3 is 10.6 Å². The molecule has 0 radical (unpaired) electrons. The summed E-state index contributed by atoms with van der Waals surface area (Å²) >= 11 is 5.87. The van der Waals surface area contributed by atoms with E-state index < -0.39 is 10.0 Å². The van der Waals surface area contributed by atoms with Crippen LogP contribution in [0.4, 0.5) is 0 Å². The molecular formula is C24H28ClN3O4S. The highest BCUT2D eigenvalue weighted by Gasteiger charge is 2.34. The fraction of sp³-hybridized carbons (Fsp3) is 0.333. The molecule has 1 heterocycles. The van der Waals surface area contributed by atoms with Crippen molar-refractivity contribution in [1.82, 2.24) is 14.9 Å². The van der Waals surface area contributed by atoms with Crippen molar-refractivity contribution < 1.29 is 18.0 Å². The number of carbonyl (C=O) groups is 2. The van der Waals surface area contributed by atoms with Gasteiger partial charge in [-0.15, -0.1) is 0 Å². The van der Waals surface area contributed by atoms with Crippen LogP contribution in [0.2, 0.25) is 5.02 Å². The number of nitrogens with zero attached hydrogens (tertiary/aromatic N) is 1. The van der Waals surface area contributed by atoms with Gasteiger partial charge in [-0.25, -0.2) is 8.42 Å². The van der Waals surface area contributed by atoms with Crippen molar-refractivity contribution >= 4 is 33.4 Å². The Hall–Kier alpha value is -2.68. The van der Waals surface area contributed by atoms with Crippen molar-refractivity contribution in [3.63, 3.8) is 0 Å². The Morgan fingerprint density at radius 2 is 1.82 bits per heavy atom. The number of hydrogen-bond acceptors (Lipinski definition) is 4. The first-order valence-electron chi connectivity index (χ1n) is 10.8. The molecule has 33 heavy (non-hydrogen) atoms. The molecule has 2 amide bonds. The molecule has 7 nitrogen and oxygen atoms in total. The van der Waals surface area contributed by atoms with Crippen molar-refractivity contribution in [3.05, 3.63) is 77.3 Å². The first-order chi connectivity index (χ1) is 15.7. The zero-order valence-electron chi connectivity index (χ0n) is 18.5. The van der Waals surface area contributed by atoms with Gasteiger partial charge in [0, 0.05) is 35.8 Å². The highest BCUT2D eigenvalue weighted by atomic mass is 35.5. The van der Waals surface area contributed by atoms with E-state index in [2.05, 4.69) is 17.2 Å². The lowest BCUT2D eigenvalue weighted by atomic mass is 10.0. The first-order valence-corrected chi connectivity index (χ1v) is 12.6. The van der Waals surface area contributed by atoms with E-state index in [9.17, 15) is 18.0 Å². The van der Waals surface area contributed by atoms with E-state index in [1.807, 2.05) is 19.1 Å². The average Bonchev–Trinajstić information content (AvgIpc) is 2.80. The Kier molecular flexibility index (Phi) is 8.29. The number of hydrogen-bond donors (Lipinski definition) is 2. The topological polar surface area (TPSA) is 95.6 Å². The number of piperidine rings is 1. The second kappa shape index (κ2) is 11.0. The molecule has 3 rings (SSSR count). The molecule has 2 aromatic rings. The van der Waals surface area contributed by atoms with Crippen LogP contribution >= 0.6 is 11.6 Å². The van der Waals surface area contributed by atoms with Crippen LogP contribution in [0.15, 0.2) is 66.1 Å². The highest BCUT2D eigenvalue weighted by Crippen LogP contribution is 2.25. The van der Waals surface area contributed by atoms with E-state index in [4.69, 9.17) is 11.6 Å². The smallest absolute Gasteiger partial charge is 0.251 e. The maximum absolute atomic E-state index is 13.1. The van der Waals surface area contributed by atoms with Gasteiger partial charge in [0.25, 0.3) is 5.91 Å². The van der Waals surface area contributed by atoms with E-state index in [-0.39, 0.29) is 28.8 Å². The Labute approximate surface area is 199 Å². The summed E-state index contributed by atoms with van der Waals surface area (Å²) in [4.78, 5) is 24.1. The summed E-state index contributed by atoms with van der Waals surface area (Å²) in [5.74, 6) is -0.523. The monoisotopic (exact) mass is 489 g/mol. The molecule has 1 saturated heterocycles. The second-order valence-electron chi connectivity index (χ2n) is 8.06. The van der Waals surface area contributed by atoms with Crippen molar-refractivity contribution in [2.24, 2.45) is 0 Å². The van der Waals surface area contributed by atoms with Crippen LogP contribution in [0.5, 0.6) is 0 Å².